The van der Waals surface area contributed by atoms with Crippen molar-refractivity contribution in [2.24, 2.45) is 0 Å². The zero-order valence-corrected chi connectivity index (χ0v) is 9.86. The Hall–Kier alpha value is 0.251. The Labute approximate surface area is 98.0 Å². The molecule has 0 aromatic carbocycles. The monoisotopic (exact) mass is 266 g/mol. The normalized spacial score (nSPS) is 9.90. The molecule has 0 aliphatic heterocycles. The molecule has 0 saturated heterocycles. The molecule has 0 aliphatic rings. The minimum Gasteiger partial charge on any atom is -0.545 e. The van der Waals surface area contributed by atoms with Gasteiger partial charge in [0.25, 0.3) is 0 Å². The van der Waals surface area contributed by atoms with Gasteiger partial charge in [-0.25, -0.2) is 0 Å². The van der Waals surface area contributed by atoms with Crippen molar-refractivity contribution in [1.29, 1.82) is 0 Å². The molecule has 0 N–H and O–H groups in total. The van der Waals surface area contributed by atoms with Crippen molar-refractivity contribution in [2.75, 3.05) is 0 Å². The van der Waals surface area contributed by atoms with Crippen LogP contribution in [0.5, 0.6) is 0 Å². The number of carbonyl (C=O) groups is 2. The van der Waals surface area contributed by atoms with E-state index in [1.165, 1.54) is 0 Å². The summed E-state index contributed by atoms with van der Waals surface area (Å²) < 4.78 is 0. The summed E-state index contributed by atoms with van der Waals surface area (Å²) in [6, 6.07) is 0. The summed E-state index contributed by atoms with van der Waals surface area (Å²) in [5.41, 5.74) is -0.352. The second kappa shape index (κ2) is 5.99. The van der Waals surface area contributed by atoms with Gasteiger partial charge < -0.3 is 19.8 Å². The van der Waals surface area contributed by atoms with Gasteiger partial charge in [0, 0.05) is 0 Å². The van der Waals surface area contributed by atoms with E-state index in [4.69, 9.17) is 0 Å². The summed E-state index contributed by atoms with van der Waals surface area (Å²) in [4.78, 5) is 19.4. The van der Waals surface area contributed by atoms with Crippen LogP contribution < -0.4 is 10.2 Å². The van der Waals surface area contributed by atoms with Crippen LogP contribution in [-0.4, -0.2) is 60.8 Å². The Balaban J connectivity index is 0. The third-order valence-corrected chi connectivity index (χ3v) is 0.656. The maximum atomic E-state index is 9.76. The molecule has 0 aromatic rings. The van der Waals surface area contributed by atoms with Crippen molar-refractivity contribution in [3.05, 3.63) is 11.6 Å². The number of carbonyl (C=O) groups excluding carboxylic acids is 2. The third-order valence-electron chi connectivity index (χ3n) is 0.656. The quantitative estimate of drug-likeness (QED) is 0.395. The predicted octanol–water partition coefficient (Wildman–Crippen LogP) is -2.95. The van der Waals surface area contributed by atoms with E-state index in [2.05, 4.69) is 0 Å². The van der Waals surface area contributed by atoms with Crippen molar-refractivity contribution in [3.63, 3.8) is 0 Å². The maximum absolute atomic E-state index is 9.76. The molecular weight excluding hydrogens is 261 g/mol. The zero-order chi connectivity index (χ0) is 7.44. The van der Waals surface area contributed by atoms with Crippen molar-refractivity contribution >= 4 is 60.8 Å². The molecule has 4 nitrogen and oxygen atoms in total. The Morgan fingerprint density at radius 1 is 1.30 bits per heavy atom. The minimum atomic E-state index is -1.53. The number of rotatable bonds is 2. The van der Waals surface area contributed by atoms with E-state index >= 15 is 0 Å². The summed E-state index contributed by atoms with van der Waals surface area (Å²) in [5, 5.41) is 19.4. The topological polar surface area (TPSA) is 80.3 Å². The van der Waals surface area contributed by atoms with Gasteiger partial charge in [0.2, 0.25) is 0 Å². The average molecular weight is 265 g/mol. The van der Waals surface area contributed by atoms with Gasteiger partial charge in [0.05, 0.1) is 11.9 Å². The van der Waals surface area contributed by atoms with E-state index in [0.717, 1.165) is 6.92 Å². The third kappa shape index (κ3) is 6.37. The van der Waals surface area contributed by atoms with E-state index in [1.807, 2.05) is 0 Å². The van der Waals surface area contributed by atoms with Gasteiger partial charge in [-0.3, -0.25) is 0 Å². The standard InChI is InChI=1S/C5H6O4.Ba/c1-3(5(8)9)2-4(6)7;/h2H,1H3,(H,6,7)(H,8,9);/q;+2/p-2/b3-2-;. The Bertz CT molecular complexity index is 172. The van der Waals surface area contributed by atoms with Crippen molar-refractivity contribution in [2.45, 2.75) is 6.92 Å². The Kier molecular flexibility index (Phi) is 7.72. The number of carboxylic acid groups (broad SMARTS) is 2. The van der Waals surface area contributed by atoms with Crippen LogP contribution >= 0.6 is 0 Å². The second-order valence-corrected chi connectivity index (χ2v) is 1.43. The van der Waals surface area contributed by atoms with E-state index in [0.29, 0.717) is 6.08 Å². The first kappa shape index (κ1) is 12.9. The predicted molar refractivity (Wildman–Crippen MR) is 29.5 cm³/mol. The number of aliphatic carboxylic acids is 2. The molecule has 0 unspecified atom stereocenters. The molecule has 0 aliphatic carbocycles. The van der Waals surface area contributed by atoms with E-state index < -0.39 is 11.9 Å². The molecule has 0 rings (SSSR count). The molecule has 50 valence electrons. The van der Waals surface area contributed by atoms with E-state index in [-0.39, 0.29) is 54.5 Å². The van der Waals surface area contributed by atoms with Crippen LogP contribution in [0.15, 0.2) is 11.6 Å². The molecule has 0 bridgehead atoms. The fourth-order valence-corrected chi connectivity index (χ4v) is 0.236. The summed E-state index contributed by atoms with van der Waals surface area (Å²) in [6.45, 7) is 1.12. The van der Waals surface area contributed by atoms with Crippen LogP contribution in [0.25, 0.3) is 0 Å². The van der Waals surface area contributed by atoms with Crippen LogP contribution in [-0.2, 0) is 9.59 Å². The maximum Gasteiger partial charge on any atom is 2.00 e. The van der Waals surface area contributed by atoms with E-state index in [1.54, 1.807) is 0 Å². The van der Waals surface area contributed by atoms with Crippen LogP contribution in [0.3, 0.4) is 0 Å². The smallest absolute Gasteiger partial charge is 0.545 e. The van der Waals surface area contributed by atoms with Gasteiger partial charge >= 0.3 is 48.9 Å². The first-order chi connectivity index (χ1) is 4.04. The summed E-state index contributed by atoms with van der Waals surface area (Å²) in [5.74, 6) is -3.03. The number of carboxylic acids is 2. The molecular formula is C5H4BaO4. The molecule has 10 heavy (non-hydrogen) atoms. The van der Waals surface area contributed by atoms with Gasteiger partial charge in [-0.15, -0.1) is 0 Å². The van der Waals surface area contributed by atoms with Crippen LogP contribution in [0, 0.1) is 0 Å². The number of hydrogen-bond acceptors (Lipinski definition) is 4. The summed E-state index contributed by atoms with van der Waals surface area (Å²) >= 11 is 0. The fourth-order valence-electron chi connectivity index (χ4n) is 0.236. The minimum absolute atomic E-state index is 0. The summed E-state index contributed by atoms with van der Waals surface area (Å²) in [7, 11) is 0. The molecule has 0 amide bonds. The molecule has 0 spiro atoms. The molecule has 0 saturated carbocycles. The molecule has 0 atom stereocenters. The first-order valence-electron chi connectivity index (χ1n) is 2.14. The molecule has 5 heteroatoms. The Morgan fingerprint density at radius 3 is 1.80 bits per heavy atom. The molecule has 0 heterocycles. The van der Waals surface area contributed by atoms with Gasteiger partial charge in [0.1, 0.15) is 0 Å². The molecule has 0 fully saturated rings. The summed E-state index contributed by atoms with van der Waals surface area (Å²) in [6.07, 6.45) is 0.468. The SMILES string of the molecule is C/C(=C/C(=O)[O-])C(=O)[O-].[Ba+2]. The second-order valence-electron chi connectivity index (χ2n) is 1.43. The van der Waals surface area contributed by atoms with Gasteiger partial charge in [-0.1, -0.05) is 0 Å². The fraction of sp³-hybridized carbons (Fsp3) is 0.200. The average Bonchev–Trinajstić information content (AvgIpc) is 1.63. The Morgan fingerprint density at radius 2 is 1.70 bits per heavy atom. The van der Waals surface area contributed by atoms with Crippen molar-refractivity contribution in [1.82, 2.24) is 0 Å². The molecule has 0 aromatic heterocycles. The zero-order valence-electron chi connectivity index (χ0n) is 5.42. The number of hydrogen-bond donors (Lipinski definition) is 0. The van der Waals surface area contributed by atoms with Gasteiger partial charge in [-0.2, -0.15) is 0 Å². The largest absolute Gasteiger partial charge is 2.00 e. The van der Waals surface area contributed by atoms with Crippen LogP contribution in [0.1, 0.15) is 6.92 Å². The van der Waals surface area contributed by atoms with Crippen LogP contribution in [0.2, 0.25) is 0 Å². The first-order valence-corrected chi connectivity index (χ1v) is 2.14. The molecule has 0 radical (unpaired) electrons. The van der Waals surface area contributed by atoms with E-state index in [9.17, 15) is 19.8 Å². The van der Waals surface area contributed by atoms with Crippen molar-refractivity contribution in [3.8, 4) is 0 Å². The van der Waals surface area contributed by atoms with Crippen LogP contribution in [0.4, 0.5) is 0 Å². The van der Waals surface area contributed by atoms with Gasteiger partial charge in [-0.05, 0) is 18.6 Å². The van der Waals surface area contributed by atoms with Crippen molar-refractivity contribution < 1.29 is 19.8 Å². The van der Waals surface area contributed by atoms with Gasteiger partial charge in [0.15, 0.2) is 0 Å².